The molecule has 0 unspecified atom stereocenters. The molecule has 0 radical (unpaired) electrons. The van der Waals surface area contributed by atoms with Crippen molar-refractivity contribution in [3.63, 3.8) is 0 Å². The van der Waals surface area contributed by atoms with Gasteiger partial charge in [-0.15, -0.1) is 0 Å². The number of hydrogen-bond acceptors (Lipinski definition) is 3. The maximum absolute atomic E-state index is 12.1. The molecule has 0 aromatic heterocycles. The molecule has 0 bridgehead atoms. The molecular weight excluding hydrogens is 228 g/mol. The first-order valence-electron chi connectivity index (χ1n) is 6.92. The molecule has 2 atom stereocenters. The van der Waals surface area contributed by atoms with Gasteiger partial charge in [-0.05, 0) is 39.8 Å². The first-order valence-corrected chi connectivity index (χ1v) is 6.92. The van der Waals surface area contributed by atoms with Gasteiger partial charge in [0, 0.05) is 25.4 Å². The van der Waals surface area contributed by atoms with E-state index in [1.165, 1.54) is 0 Å². The maximum atomic E-state index is 12.1. The molecule has 4 heteroatoms. The predicted molar refractivity (Wildman–Crippen MR) is 72.3 cm³/mol. The molecule has 0 aromatic rings. The van der Waals surface area contributed by atoms with E-state index in [-0.39, 0.29) is 23.5 Å². The Balaban J connectivity index is 2.44. The Labute approximate surface area is 110 Å². The van der Waals surface area contributed by atoms with Gasteiger partial charge in [0.2, 0.25) is 5.91 Å². The molecule has 0 aromatic carbocycles. The van der Waals surface area contributed by atoms with Crippen LogP contribution in [0, 0.1) is 11.8 Å². The number of ketones is 1. The summed E-state index contributed by atoms with van der Waals surface area (Å²) in [6, 6.07) is 0. The topological polar surface area (TPSA) is 49.4 Å². The first kappa shape index (κ1) is 15.2. The van der Waals surface area contributed by atoms with Gasteiger partial charge in [-0.3, -0.25) is 4.79 Å². The van der Waals surface area contributed by atoms with Gasteiger partial charge in [0.05, 0.1) is 0 Å². The fraction of sp³-hybridized carbons (Fsp3) is 0.857. The normalized spacial score (nSPS) is 24.0. The van der Waals surface area contributed by atoms with Crippen LogP contribution in [0.1, 0.15) is 39.0 Å². The van der Waals surface area contributed by atoms with Crippen LogP contribution in [0.25, 0.3) is 0 Å². The van der Waals surface area contributed by atoms with Gasteiger partial charge < -0.3 is 15.0 Å². The van der Waals surface area contributed by atoms with Crippen molar-refractivity contribution in [3.8, 4) is 0 Å². The third-order valence-electron chi connectivity index (χ3n) is 3.65. The van der Waals surface area contributed by atoms with E-state index in [0.29, 0.717) is 13.0 Å². The Morgan fingerprint density at radius 1 is 1.22 bits per heavy atom. The minimum absolute atomic E-state index is 0.0461. The van der Waals surface area contributed by atoms with Crippen molar-refractivity contribution in [3.05, 3.63) is 0 Å². The third kappa shape index (κ3) is 5.17. The monoisotopic (exact) mass is 254 g/mol. The Bertz CT molecular complexity index is 290. The number of nitrogens with zero attached hydrogens (tertiary/aromatic N) is 1. The number of nitrogens with one attached hydrogen (secondary N) is 1. The number of likely N-dealkylation sites (N-methyl/N-ethyl adjacent to an activating group) is 1. The summed E-state index contributed by atoms with van der Waals surface area (Å²) in [5.74, 6) is 0.649. The highest BCUT2D eigenvalue weighted by atomic mass is 16.2. The van der Waals surface area contributed by atoms with Crippen molar-refractivity contribution in [2.24, 2.45) is 11.8 Å². The van der Waals surface area contributed by atoms with Gasteiger partial charge >= 0.3 is 0 Å². The second kappa shape index (κ2) is 7.52. The smallest absolute Gasteiger partial charge is 0.223 e. The van der Waals surface area contributed by atoms with Gasteiger partial charge in [0.15, 0.2) is 0 Å². The van der Waals surface area contributed by atoms with Gasteiger partial charge in [-0.1, -0.05) is 12.8 Å². The van der Waals surface area contributed by atoms with Crippen LogP contribution in [-0.4, -0.2) is 43.8 Å². The molecule has 1 aliphatic rings. The van der Waals surface area contributed by atoms with Crippen LogP contribution in [0.2, 0.25) is 0 Å². The van der Waals surface area contributed by atoms with E-state index < -0.39 is 0 Å². The SMILES string of the molecule is CC(=O)C[C@H]1CCCC[C@H]1C(=O)NCCN(C)C. The Morgan fingerprint density at radius 3 is 2.50 bits per heavy atom. The van der Waals surface area contributed by atoms with E-state index in [0.717, 1.165) is 32.2 Å². The van der Waals surface area contributed by atoms with Gasteiger partial charge in [0.25, 0.3) is 0 Å². The molecule has 104 valence electrons. The molecule has 4 nitrogen and oxygen atoms in total. The predicted octanol–water partition coefficient (Wildman–Crippen LogP) is 1.45. The highest BCUT2D eigenvalue weighted by Crippen LogP contribution is 2.32. The Morgan fingerprint density at radius 2 is 1.89 bits per heavy atom. The summed E-state index contributed by atoms with van der Waals surface area (Å²) in [7, 11) is 3.98. The second-order valence-electron chi connectivity index (χ2n) is 5.65. The molecule has 1 rings (SSSR count). The first-order chi connectivity index (χ1) is 8.50. The largest absolute Gasteiger partial charge is 0.355 e. The van der Waals surface area contributed by atoms with E-state index in [1.807, 2.05) is 19.0 Å². The van der Waals surface area contributed by atoms with E-state index in [1.54, 1.807) is 6.92 Å². The van der Waals surface area contributed by atoms with Crippen molar-refractivity contribution in [1.29, 1.82) is 0 Å². The molecule has 0 spiro atoms. The zero-order chi connectivity index (χ0) is 13.5. The zero-order valence-electron chi connectivity index (χ0n) is 11.9. The van der Waals surface area contributed by atoms with Crippen LogP contribution in [-0.2, 0) is 9.59 Å². The summed E-state index contributed by atoms with van der Waals surface area (Å²) in [6.45, 7) is 3.17. The number of hydrogen-bond donors (Lipinski definition) is 1. The Kier molecular flexibility index (Phi) is 6.33. The fourth-order valence-electron chi connectivity index (χ4n) is 2.70. The van der Waals surface area contributed by atoms with E-state index in [2.05, 4.69) is 5.32 Å². The van der Waals surface area contributed by atoms with E-state index >= 15 is 0 Å². The standard InChI is InChI=1S/C14H26N2O2/c1-11(17)10-12-6-4-5-7-13(12)14(18)15-8-9-16(2)3/h12-13H,4-10H2,1-3H3,(H,15,18)/t12-,13-/m1/s1. The quantitative estimate of drug-likeness (QED) is 0.780. The number of carbonyl (C=O) groups is 2. The van der Waals surface area contributed by atoms with Crippen LogP contribution in [0.4, 0.5) is 0 Å². The van der Waals surface area contributed by atoms with Crippen LogP contribution in [0.3, 0.4) is 0 Å². The van der Waals surface area contributed by atoms with Crippen molar-refractivity contribution in [1.82, 2.24) is 10.2 Å². The van der Waals surface area contributed by atoms with Gasteiger partial charge in [0.1, 0.15) is 5.78 Å². The number of rotatable bonds is 6. The van der Waals surface area contributed by atoms with Gasteiger partial charge in [-0.25, -0.2) is 0 Å². The molecule has 1 saturated carbocycles. The van der Waals surface area contributed by atoms with E-state index in [4.69, 9.17) is 0 Å². The van der Waals surface area contributed by atoms with Crippen LogP contribution < -0.4 is 5.32 Å². The van der Waals surface area contributed by atoms with Crippen molar-refractivity contribution in [2.75, 3.05) is 27.2 Å². The summed E-state index contributed by atoms with van der Waals surface area (Å²) < 4.78 is 0. The molecule has 1 fully saturated rings. The van der Waals surface area contributed by atoms with E-state index in [9.17, 15) is 9.59 Å². The van der Waals surface area contributed by atoms with Crippen molar-refractivity contribution >= 4 is 11.7 Å². The molecule has 1 N–H and O–H groups in total. The van der Waals surface area contributed by atoms with Crippen LogP contribution in [0.15, 0.2) is 0 Å². The van der Waals surface area contributed by atoms with Crippen LogP contribution in [0.5, 0.6) is 0 Å². The molecule has 18 heavy (non-hydrogen) atoms. The zero-order valence-corrected chi connectivity index (χ0v) is 11.9. The summed E-state index contributed by atoms with van der Waals surface area (Å²) in [5, 5.41) is 3.00. The van der Waals surface area contributed by atoms with Crippen molar-refractivity contribution < 1.29 is 9.59 Å². The lowest BCUT2D eigenvalue weighted by atomic mass is 9.76. The summed E-state index contributed by atoms with van der Waals surface area (Å²) in [6.07, 6.45) is 4.78. The number of amides is 1. The maximum Gasteiger partial charge on any atom is 0.223 e. The lowest BCUT2D eigenvalue weighted by Gasteiger charge is -2.30. The van der Waals surface area contributed by atoms with Crippen molar-refractivity contribution in [2.45, 2.75) is 39.0 Å². The summed E-state index contributed by atoms with van der Waals surface area (Å²) >= 11 is 0. The molecule has 0 aliphatic heterocycles. The number of carbonyl (C=O) groups excluding carboxylic acids is 2. The molecule has 0 saturated heterocycles. The lowest BCUT2D eigenvalue weighted by molar-refractivity contribution is -0.128. The fourth-order valence-corrected chi connectivity index (χ4v) is 2.70. The summed E-state index contributed by atoms with van der Waals surface area (Å²) in [5.41, 5.74) is 0. The molecule has 1 aliphatic carbocycles. The lowest BCUT2D eigenvalue weighted by Crippen LogP contribution is -2.40. The Hall–Kier alpha value is -0.900. The third-order valence-corrected chi connectivity index (χ3v) is 3.65. The molecule has 0 heterocycles. The highest BCUT2D eigenvalue weighted by molar-refractivity contribution is 5.81. The average Bonchev–Trinajstić information content (AvgIpc) is 2.28. The summed E-state index contributed by atoms with van der Waals surface area (Å²) in [4.78, 5) is 25.4. The van der Waals surface area contributed by atoms with Crippen LogP contribution >= 0.6 is 0 Å². The number of Topliss-reactive ketones (excluding diaryl/α,β-unsaturated/α-hetero) is 1. The molecular formula is C14H26N2O2. The average molecular weight is 254 g/mol. The highest BCUT2D eigenvalue weighted by Gasteiger charge is 2.31. The second-order valence-corrected chi connectivity index (χ2v) is 5.65. The minimum Gasteiger partial charge on any atom is -0.355 e. The molecule has 1 amide bonds. The van der Waals surface area contributed by atoms with Gasteiger partial charge in [-0.2, -0.15) is 0 Å². The minimum atomic E-state index is 0.0461.